The van der Waals surface area contributed by atoms with E-state index >= 15 is 0 Å². The van der Waals surface area contributed by atoms with E-state index in [0.717, 1.165) is 16.4 Å². The highest BCUT2D eigenvalue weighted by Gasteiger charge is 2.92. The van der Waals surface area contributed by atoms with Gasteiger partial charge in [-0.15, -0.1) is 17.9 Å². The third kappa shape index (κ3) is 3.85. The lowest BCUT2D eigenvalue weighted by Crippen LogP contribution is -2.97. The van der Waals surface area contributed by atoms with Crippen LogP contribution in [0.4, 0.5) is 0 Å². The molecule has 11 nitrogen and oxygen atoms in total. The lowest BCUT2D eigenvalue weighted by atomic mass is 9.40. The third-order valence-corrected chi connectivity index (χ3v) is 15.0. The summed E-state index contributed by atoms with van der Waals surface area (Å²) in [7, 11) is -2.53. The first-order valence-corrected chi connectivity index (χ1v) is 17.6. The van der Waals surface area contributed by atoms with E-state index in [9.17, 15) is 24.3 Å². The molecular formula is C30H34N4O7SSi. The number of thiazole rings is 1. The Morgan fingerprint density at radius 3 is 2.53 bits per heavy atom. The molecule has 2 aliphatic rings. The third-order valence-electron chi connectivity index (χ3n) is 9.24. The molecule has 3 aromatic heterocycles. The molecule has 1 saturated carbocycles. The van der Waals surface area contributed by atoms with E-state index in [2.05, 4.69) is 16.5 Å². The van der Waals surface area contributed by atoms with Gasteiger partial charge in [0.05, 0.1) is 18.6 Å². The Morgan fingerprint density at radius 1 is 1.26 bits per heavy atom. The standard InChI is InChI=1S/C30H34N4O7SSi/c1-9-13-40-34-27(39)29(18(3)41-43(7,8)28(4,5)6)24(37)25(38)30(29,34)17(2)22(36)23-20(15-35)33-16-32-21(26(33)42-23)19-11-10-12-31-14-19/h9-12,14,16-18,36H,1,13H2,2-8H3/t17-,18+,29+,30-/m0/s1. The van der Waals surface area contributed by atoms with Crippen LogP contribution in [0.1, 0.15) is 34.6 Å². The van der Waals surface area contributed by atoms with E-state index in [1.807, 2.05) is 45.9 Å². The number of amides is 1. The molecule has 1 N–H and O–H groups in total. The van der Waals surface area contributed by atoms with E-state index in [4.69, 9.17) is 9.26 Å². The fraction of sp³-hybridized carbons (Fsp3) is 0.433. The molecule has 1 aliphatic carbocycles. The number of carbonyl (C=O) groups excluding carboxylic acids is 4. The van der Waals surface area contributed by atoms with Crippen LogP contribution in [0.15, 0.2) is 43.5 Å². The van der Waals surface area contributed by atoms with E-state index in [0.29, 0.717) is 16.1 Å². The summed E-state index contributed by atoms with van der Waals surface area (Å²) in [6.07, 6.45) is 5.11. The maximum atomic E-state index is 13.8. The molecular weight excluding hydrogens is 589 g/mol. The molecule has 2 fully saturated rings. The number of aliphatic hydroxyl groups is 1. The number of rotatable bonds is 9. The summed E-state index contributed by atoms with van der Waals surface area (Å²) in [5.41, 5.74) is -2.58. The average Bonchev–Trinajstić information content (AvgIpc) is 3.53. The van der Waals surface area contributed by atoms with Crippen LogP contribution in [0.5, 0.6) is 0 Å². The highest BCUT2D eigenvalue weighted by Crippen LogP contribution is 2.65. The van der Waals surface area contributed by atoms with Crippen molar-refractivity contribution in [3.63, 3.8) is 0 Å². The summed E-state index contributed by atoms with van der Waals surface area (Å²) < 4.78 is 8.18. The second-order valence-electron chi connectivity index (χ2n) is 12.4. The first-order chi connectivity index (χ1) is 20.1. The van der Waals surface area contributed by atoms with Gasteiger partial charge >= 0.3 is 0 Å². The molecule has 13 heteroatoms. The summed E-state index contributed by atoms with van der Waals surface area (Å²) in [5, 5.41) is 12.4. The van der Waals surface area contributed by atoms with Crippen molar-refractivity contribution in [3.05, 3.63) is 53.4 Å². The Kier molecular flexibility index (Phi) is 7.26. The van der Waals surface area contributed by atoms with Crippen LogP contribution < -0.4 is 9.88 Å². The zero-order valence-corrected chi connectivity index (χ0v) is 26.9. The van der Waals surface area contributed by atoms with Gasteiger partial charge in [0.15, 0.2) is 30.6 Å². The molecule has 0 aromatic carbocycles. The number of β-lactam (4-membered cyclic amide) rings is 1. The van der Waals surface area contributed by atoms with Crippen molar-refractivity contribution < 1.29 is 33.5 Å². The highest BCUT2D eigenvalue weighted by atomic mass is 32.1. The fourth-order valence-electron chi connectivity index (χ4n) is 6.01. The van der Waals surface area contributed by atoms with Crippen molar-refractivity contribution in [1.82, 2.24) is 19.4 Å². The number of piperidine rings is 1. The smallest absolute Gasteiger partial charge is 0.267 e. The van der Waals surface area contributed by atoms with Gasteiger partial charge in [-0.25, -0.2) is 14.8 Å². The SMILES string of the molecule is C=CCON1C(=O)[C@@]2([C@@H](C)O[Si](C)(C)C(C)(C)C)C(=O)C(=O)[C@]12[C@@H](C)C(O)=c1sc2c(-c3cccnc3)ncn2c1=C=O. The average molecular weight is 623 g/mol. The number of Topliss-reactive ketones (excluding diaryl/α,β-unsaturated/α-hetero) is 2. The second-order valence-corrected chi connectivity index (χ2v) is 18.2. The topological polar surface area (TPSA) is 140 Å². The van der Waals surface area contributed by atoms with Crippen LogP contribution in [0.3, 0.4) is 0 Å². The second kappa shape index (κ2) is 10.2. The normalized spacial score (nSPS) is 24.2. The summed E-state index contributed by atoms with van der Waals surface area (Å²) in [6, 6.07) is 3.57. The number of ketones is 2. The number of imidazole rings is 1. The Labute approximate surface area is 253 Å². The predicted molar refractivity (Wildman–Crippen MR) is 161 cm³/mol. The molecule has 5 rings (SSSR count). The number of aliphatic hydroxyl groups excluding tert-OH is 1. The molecule has 0 radical (unpaired) electrons. The van der Waals surface area contributed by atoms with Crippen molar-refractivity contribution in [1.29, 1.82) is 0 Å². The lowest BCUT2D eigenvalue weighted by molar-refractivity contribution is -0.312. The van der Waals surface area contributed by atoms with Crippen LogP contribution in [-0.4, -0.2) is 74.5 Å². The minimum Gasteiger partial charge on any atom is -0.510 e. The molecule has 3 aromatic rings. The summed E-state index contributed by atoms with van der Waals surface area (Å²) in [4.78, 5) is 68.1. The number of fused-ring (bicyclic) bond motifs is 2. The first-order valence-electron chi connectivity index (χ1n) is 13.8. The van der Waals surface area contributed by atoms with Gasteiger partial charge in [-0.2, -0.15) is 0 Å². The number of aromatic nitrogens is 3. The molecule has 4 atom stereocenters. The molecule has 226 valence electrons. The molecule has 1 amide bonds. The van der Waals surface area contributed by atoms with E-state index < -0.39 is 48.8 Å². The largest absolute Gasteiger partial charge is 0.510 e. The number of hydrogen-bond donors (Lipinski definition) is 1. The number of pyridine rings is 1. The van der Waals surface area contributed by atoms with Gasteiger partial charge in [0.1, 0.15) is 27.1 Å². The number of hydroxylamine groups is 2. The quantitative estimate of drug-likeness (QED) is 0.125. The van der Waals surface area contributed by atoms with Crippen molar-refractivity contribution in [2.24, 2.45) is 11.3 Å². The van der Waals surface area contributed by atoms with Gasteiger partial charge in [-0.05, 0) is 37.2 Å². The molecule has 43 heavy (non-hydrogen) atoms. The fourth-order valence-corrected chi connectivity index (χ4v) is 8.64. The monoisotopic (exact) mass is 622 g/mol. The summed E-state index contributed by atoms with van der Waals surface area (Å²) >= 11 is 1.07. The van der Waals surface area contributed by atoms with Gasteiger partial charge in [0.2, 0.25) is 11.6 Å². The predicted octanol–water partition coefficient (Wildman–Crippen LogP) is 2.51. The van der Waals surface area contributed by atoms with Crippen LogP contribution in [0.25, 0.3) is 21.8 Å². The van der Waals surface area contributed by atoms with Crippen LogP contribution in [0.2, 0.25) is 18.1 Å². The number of carbonyl (C=O) groups is 3. The van der Waals surface area contributed by atoms with Crippen LogP contribution in [-0.2, 0) is 28.4 Å². The maximum Gasteiger partial charge on any atom is 0.267 e. The maximum absolute atomic E-state index is 13.8. The highest BCUT2D eigenvalue weighted by molar-refractivity contribution is 7.16. The summed E-state index contributed by atoms with van der Waals surface area (Å²) in [5.74, 6) is -2.13. The van der Waals surface area contributed by atoms with Crippen molar-refractivity contribution in [3.8, 4) is 11.3 Å². The zero-order chi connectivity index (χ0) is 31.7. The van der Waals surface area contributed by atoms with Crippen molar-refractivity contribution in [2.75, 3.05) is 6.61 Å². The van der Waals surface area contributed by atoms with Gasteiger partial charge in [0, 0.05) is 18.0 Å². The molecule has 1 aliphatic heterocycles. The zero-order valence-electron chi connectivity index (χ0n) is 25.1. The molecule has 0 spiro atoms. The van der Waals surface area contributed by atoms with E-state index in [-0.39, 0.29) is 27.3 Å². The van der Waals surface area contributed by atoms with E-state index in [1.165, 1.54) is 23.7 Å². The number of nitrogens with zero attached hydrogens (tertiary/aromatic N) is 4. The Balaban J connectivity index is 1.71. The van der Waals surface area contributed by atoms with Gasteiger partial charge in [-0.1, -0.05) is 33.8 Å². The minimum absolute atomic E-state index is 0.0122. The molecule has 0 unspecified atom stereocenters. The van der Waals surface area contributed by atoms with Crippen LogP contribution >= 0.6 is 11.3 Å². The molecule has 1 saturated heterocycles. The van der Waals surface area contributed by atoms with E-state index in [1.54, 1.807) is 25.4 Å². The van der Waals surface area contributed by atoms with Gasteiger partial charge in [-0.3, -0.25) is 28.6 Å². The molecule has 4 heterocycles. The van der Waals surface area contributed by atoms with Crippen molar-refractivity contribution in [2.45, 2.75) is 64.4 Å². The minimum atomic E-state index is -2.53. The first kappa shape index (κ1) is 30.7. The Morgan fingerprint density at radius 2 is 1.95 bits per heavy atom. The summed E-state index contributed by atoms with van der Waals surface area (Å²) in [6.45, 7) is 16.7. The van der Waals surface area contributed by atoms with Crippen LogP contribution in [0, 0.1) is 11.3 Å². The van der Waals surface area contributed by atoms with Crippen molar-refractivity contribution >= 4 is 53.7 Å². The Bertz CT molecular complexity index is 1820. The van der Waals surface area contributed by atoms with Gasteiger partial charge in [0.25, 0.3) is 5.91 Å². The number of hydrogen-bond acceptors (Lipinski definition) is 10. The van der Waals surface area contributed by atoms with Gasteiger partial charge < -0.3 is 9.53 Å². The molecule has 0 bridgehead atoms. The Hall–Kier alpha value is -3.74. The lowest BCUT2D eigenvalue weighted by Gasteiger charge is -2.70.